The number of nitrogens with one attached hydrogen (secondary N) is 1. The van der Waals surface area contributed by atoms with Crippen molar-refractivity contribution >= 4 is 17.3 Å². The fourth-order valence-corrected chi connectivity index (χ4v) is 1.32. The topological polar surface area (TPSA) is 90.4 Å². The van der Waals surface area contributed by atoms with Crippen LogP contribution in [0.15, 0.2) is 18.2 Å². The highest BCUT2D eigenvalue weighted by molar-refractivity contribution is 5.73. The molecule has 5 N–H and O–H groups in total. The first-order valence-corrected chi connectivity index (χ1v) is 5.09. The quantitative estimate of drug-likeness (QED) is 0.495. The molecule has 88 valence electrons. The number of anilines is 2. The summed E-state index contributed by atoms with van der Waals surface area (Å²) in [4.78, 5) is 10.5. The van der Waals surface area contributed by atoms with Crippen LogP contribution in [0.3, 0.4) is 0 Å². The fraction of sp³-hybridized carbons (Fsp3) is 0.364. The SMILES string of the molecule is COc1cc(NCCCC(N)=O)ccc1N. The zero-order valence-corrected chi connectivity index (χ0v) is 9.32. The molecule has 5 heteroatoms. The Hall–Kier alpha value is -1.91. The van der Waals surface area contributed by atoms with Crippen LogP contribution in [0.4, 0.5) is 11.4 Å². The monoisotopic (exact) mass is 223 g/mol. The van der Waals surface area contributed by atoms with Crippen molar-refractivity contribution in [3.05, 3.63) is 18.2 Å². The first-order valence-electron chi connectivity index (χ1n) is 5.09. The lowest BCUT2D eigenvalue weighted by atomic mass is 10.2. The summed E-state index contributed by atoms with van der Waals surface area (Å²) in [6.45, 7) is 0.690. The Bertz CT molecular complexity index is 366. The molecule has 1 amide bonds. The minimum absolute atomic E-state index is 0.281. The third kappa shape index (κ3) is 3.68. The van der Waals surface area contributed by atoms with Gasteiger partial charge in [0.15, 0.2) is 0 Å². The summed E-state index contributed by atoms with van der Waals surface area (Å²) in [7, 11) is 1.57. The van der Waals surface area contributed by atoms with E-state index in [1.54, 1.807) is 13.2 Å². The van der Waals surface area contributed by atoms with Crippen molar-refractivity contribution in [3.8, 4) is 5.75 Å². The van der Waals surface area contributed by atoms with Gasteiger partial charge in [-0.2, -0.15) is 0 Å². The maximum Gasteiger partial charge on any atom is 0.217 e. The molecule has 0 unspecified atom stereocenters. The highest BCUT2D eigenvalue weighted by atomic mass is 16.5. The summed E-state index contributed by atoms with van der Waals surface area (Å²) in [5, 5.41) is 3.16. The van der Waals surface area contributed by atoms with Gasteiger partial charge in [0.25, 0.3) is 0 Å². The lowest BCUT2D eigenvalue weighted by Crippen LogP contribution is -2.12. The van der Waals surface area contributed by atoms with Crippen LogP contribution in [0.5, 0.6) is 5.75 Å². The van der Waals surface area contributed by atoms with Crippen LogP contribution in [0.25, 0.3) is 0 Å². The normalized spacial score (nSPS) is 9.81. The molecule has 0 fully saturated rings. The zero-order valence-electron chi connectivity index (χ0n) is 9.32. The summed E-state index contributed by atoms with van der Waals surface area (Å²) in [6, 6.07) is 5.46. The van der Waals surface area contributed by atoms with Crippen molar-refractivity contribution in [3.63, 3.8) is 0 Å². The standard InChI is InChI=1S/C11H17N3O2/c1-16-10-7-8(4-5-9(10)12)14-6-2-3-11(13)15/h4-5,7,14H,2-3,6,12H2,1H3,(H2,13,15). The van der Waals surface area contributed by atoms with Crippen LogP contribution in [0.1, 0.15) is 12.8 Å². The smallest absolute Gasteiger partial charge is 0.217 e. The van der Waals surface area contributed by atoms with Gasteiger partial charge in [-0.1, -0.05) is 0 Å². The highest BCUT2D eigenvalue weighted by Gasteiger charge is 2.00. The van der Waals surface area contributed by atoms with Crippen LogP contribution in [-0.4, -0.2) is 19.6 Å². The molecule has 0 aliphatic heterocycles. The number of benzene rings is 1. The van der Waals surface area contributed by atoms with E-state index in [1.807, 2.05) is 12.1 Å². The highest BCUT2D eigenvalue weighted by Crippen LogP contribution is 2.24. The molecule has 0 aliphatic carbocycles. The fourth-order valence-electron chi connectivity index (χ4n) is 1.32. The third-order valence-corrected chi connectivity index (χ3v) is 2.16. The number of nitrogen functional groups attached to an aromatic ring is 1. The molecule has 0 radical (unpaired) electrons. The van der Waals surface area contributed by atoms with Crippen LogP contribution in [0.2, 0.25) is 0 Å². The molecule has 0 saturated carbocycles. The van der Waals surface area contributed by atoms with E-state index >= 15 is 0 Å². The lowest BCUT2D eigenvalue weighted by Gasteiger charge is -2.09. The Labute approximate surface area is 94.8 Å². The molecule has 0 atom stereocenters. The van der Waals surface area contributed by atoms with Gasteiger partial charge in [0.2, 0.25) is 5.91 Å². The Morgan fingerprint density at radius 3 is 2.88 bits per heavy atom. The van der Waals surface area contributed by atoms with Gasteiger partial charge in [-0.3, -0.25) is 4.79 Å². The Morgan fingerprint density at radius 1 is 1.50 bits per heavy atom. The van der Waals surface area contributed by atoms with Crippen LogP contribution < -0.4 is 21.5 Å². The van der Waals surface area contributed by atoms with Crippen molar-refractivity contribution < 1.29 is 9.53 Å². The Morgan fingerprint density at radius 2 is 2.25 bits per heavy atom. The molecule has 5 nitrogen and oxygen atoms in total. The molecule has 0 saturated heterocycles. The lowest BCUT2D eigenvalue weighted by molar-refractivity contribution is -0.118. The summed E-state index contributed by atoms with van der Waals surface area (Å²) in [5.74, 6) is 0.358. The molecule has 0 aliphatic rings. The summed E-state index contributed by atoms with van der Waals surface area (Å²) < 4.78 is 5.09. The number of primary amides is 1. The van der Waals surface area contributed by atoms with Crippen molar-refractivity contribution in [1.29, 1.82) is 0 Å². The number of hydrogen-bond donors (Lipinski definition) is 3. The van der Waals surface area contributed by atoms with E-state index in [1.165, 1.54) is 0 Å². The second kappa shape index (κ2) is 5.85. The van der Waals surface area contributed by atoms with Gasteiger partial charge < -0.3 is 21.5 Å². The van der Waals surface area contributed by atoms with Gasteiger partial charge in [-0.05, 0) is 18.6 Å². The van der Waals surface area contributed by atoms with Crippen LogP contribution in [0, 0.1) is 0 Å². The van der Waals surface area contributed by atoms with Crippen LogP contribution in [-0.2, 0) is 4.79 Å². The molecule has 16 heavy (non-hydrogen) atoms. The largest absolute Gasteiger partial charge is 0.495 e. The predicted octanol–water partition coefficient (Wildman–Crippen LogP) is 0.955. The van der Waals surface area contributed by atoms with E-state index in [2.05, 4.69) is 5.32 Å². The average molecular weight is 223 g/mol. The van der Waals surface area contributed by atoms with Gasteiger partial charge in [-0.25, -0.2) is 0 Å². The molecule has 0 aromatic heterocycles. The van der Waals surface area contributed by atoms with Crippen molar-refractivity contribution in [1.82, 2.24) is 0 Å². The molecule has 1 rings (SSSR count). The summed E-state index contributed by atoms with van der Waals surface area (Å²) in [6.07, 6.45) is 1.10. The number of hydrogen-bond acceptors (Lipinski definition) is 4. The number of methoxy groups -OCH3 is 1. The van der Waals surface area contributed by atoms with Gasteiger partial charge in [0.05, 0.1) is 12.8 Å². The van der Waals surface area contributed by atoms with E-state index in [0.29, 0.717) is 30.8 Å². The maximum absolute atomic E-state index is 10.5. The Balaban J connectivity index is 2.45. The number of carbonyl (C=O) groups is 1. The molecular formula is C11H17N3O2. The van der Waals surface area contributed by atoms with Crippen LogP contribution >= 0.6 is 0 Å². The van der Waals surface area contributed by atoms with Crippen molar-refractivity contribution in [2.24, 2.45) is 5.73 Å². The van der Waals surface area contributed by atoms with E-state index < -0.39 is 0 Å². The zero-order chi connectivity index (χ0) is 12.0. The third-order valence-electron chi connectivity index (χ3n) is 2.16. The second-order valence-electron chi connectivity index (χ2n) is 3.45. The molecule has 0 heterocycles. The average Bonchev–Trinajstić information content (AvgIpc) is 2.26. The second-order valence-corrected chi connectivity index (χ2v) is 3.45. The molecule has 0 bridgehead atoms. The minimum Gasteiger partial charge on any atom is -0.495 e. The summed E-state index contributed by atoms with van der Waals surface area (Å²) >= 11 is 0. The molecule has 1 aromatic carbocycles. The number of nitrogens with two attached hydrogens (primary N) is 2. The van der Waals surface area contributed by atoms with E-state index in [4.69, 9.17) is 16.2 Å². The van der Waals surface area contributed by atoms with Crippen molar-refractivity contribution in [2.75, 3.05) is 24.7 Å². The molecule has 1 aromatic rings. The van der Waals surface area contributed by atoms with Gasteiger partial charge in [-0.15, -0.1) is 0 Å². The summed E-state index contributed by atoms with van der Waals surface area (Å²) in [5.41, 5.74) is 12.2. The maximum atomic E-state index is 10.5. The molecule has 0 spiro atoms. The first kappa shape index (κ1) is 12.2. The first-order chi connectivity index (χ1) is 7.63. The Kier molecular flexibility index (Phi) is 4.44. The number of amides is 1. The van der Waals surface area contributed by atoms with E-state index in [9.17, 15) is 4.79 Å². The van der Waals surface area contributed by atoms with E-state index in [-0.39, 0.29) is 5.91 Å². The van der Waals surface area contributed by atoms with Gasteiger partial charge in [0, 0.05) is 24.7 Å². The van der Waals surface area contributed by atoms with Gasteiger partial charge >= 0.3 is 0 Å². The minimum atomic E-state index is -0.281. The predicted molar refractivity (Wildman–Crippen MR) is 64.3 cm³/mol. The van der Waals surface area contributed by atoms with Crippen molar-refractivity contribution in [2.45, 2.75) is 12.8 Å². The number of carbonyl (C=O) groups excluding carboxylic acids is 1. The van der Waals surface area contributed by atoms with E-state index in [0.717, 1.165) is 5.69 Å². The number of rotatable bonds is 6. The van der Waals surface area contributed by atoms with Gasteiger partial charge in [0.1, 0.15) is 5.75 Å². The number of ether oxygens (including phenoxy) is 1. The molecular weight excluding hydrogens is 206 g/mol.